The molecule has 0 saturated carbocycles. The van der Waals surface area contributed by atoms with Gasteiger partial charge in [0.1, 0.15) is 23.5 Å². The van der Waals surface area contributed by atoms with Gasteiger partial charge in [0.25, 0.3) is 5.91 Å². The molecule has 0 unspecified atom stereocenters. The number of benzene rings is 1. The number of amides is 3. The van der Waals surface area contributed by atoms with Crippen LogP contribution in [0.5, 0.6) is 5.75 Å². The van der Waals surface area contributed by atoms with Crippen molar-refractivity contribution in [3.05, 3.63) is 77.1 Å². The second-order valence-electron chi connectivity index (χ2n) is 14.7. The van der Waals surface area contributed by atoms with E-state index in [-0.39, 0.29) is 40.7 Å². The molecular weight excluding hydrogens is 610 g/mol. The van der Waals surface area contributed by atoms with Crippen LogP contribution < -0.4 is 20.7 Å². The maximum atomic E-state index is 13.4. The van der Waals surface area contributed by atoms with Gasteiger partial charge in [0.15, 0.2) is 5.65 Å². The number of rotatable bonds is 8. The smallest absolute Gasteiger partial charge is 0.320 e. The van der Waals surface area contributed by atoms with Crippen LogP contribution in [0.3, 0.4) is 0 Å². The minimum Gasteiger partial charge on any atom is -0.484 e. The van der Waals surface area contributed by atoms with Crippen molar-refractivity contribution in [1.82, 2.24) is 40.1 Å². The number of aliphatic hydroxyl groups is 1. The number of nitrogens with zero attached hydrogens (tertiary/aromatic N) is 6. The molecule has 1 aliphatic heterocycles. The Kier molecular flexibility index (Phi) is 9.10. The molecule has 2 atom stereocenters. The lowest BCUT2D eigenvalue weighted by Gasteiger charge is -2.35. The van der Waals surface area contributed by atoms with Crippen LogP contribution in [0.25, 0.3) is 5.65 Å². The molecule has 0 bridgehead atoms. The van der Waals surface area contributed by atoms with Crippen LogP contribution in [-0.2, 0) is 10.8 Å². The number of aliphatic hydroxyl groups excluding tert-OH is 1. The summed E-state index contributed by atoms with van der Waals surface area (Å²) < 4.78 is 8.52. The van der Waals surface area contributed by atoms with Crippen molar-refractivity contribution in [2.75, 3.05) is 31.5 Å². The second kappa shape index (κ2) is 13.1. The Labute approximate surface area is 280 Å². The lowest BCUT2D eigenvalue weighted by Crippen LogP contribution is -2.52. The molecule has 1 aromatic carbocycles. The Morgan fingerprint density at radius 2 is 1.71 bits per heavy atom. The van der Waals surface area contributed by atoms with Crippen molar-refractivity contribution in [2.45, 2.75) is 83.5 Å². The Morgan fingerprint density at radius 3 is 2.42 bits per heavy atom. The fourth-order valence-electron chi connectivity index (χ4n) is 6.08. The minimum atomic E-state index is -0.428. The first-order valence-electron chi connectivity index (χ1n) is 16.5. The van der Waals surface area contributed by atoms with E-state index in [0.717, 1.165) is 22.6 Å². The summed E-state index contributed by atoms with van der Waals surface area (Å²) in [7, 11) is 0. The Morgan fingerprint density at radius 1 is 0.958 bits per heavy atom. The molecule has 3 aromatic heterocycles. The van der Waals surface area contributed by atoms with E-state index in [1.807, 2.05) is 72.7 Å². The van der Waals surface area contributed by atoms with Gasteiger partial charge in [-0.2, -0.15) is 0 Å². The first-order valence-corrected chi connectivity index (χ1v) is 16.5. The predicted octanol–water partition coefficient (Wildman–Crippen LogP) is 4.30. The normalized spacial score (nSPS) is 18.6. The number of urea groups is 1. The summed E-state index contributed by atoms with van der Waals surface area (Å²) in [5, 5.41) is 27.0. The van der Waals surface area contributed by atoms with Gasteiger partial charge in [-0.05, 0) is 36.1 Å². The Hall–Kier alpha value is -4.62. The summed E-state index contributed by atoms with van der Waals surface area (Å²) in [4.78, 5) is 37.3. The summed E-state index contributed by atoms with van der Waals surface area (Å²) in [5.41, 5.74) is 2.83. The number of hydrogen-bond acceptors (Lipinski definition) is 9. The van der Waals surface area contributed by atoms with Crippen molar-refractivity contribution < 1.29 is 19.4 Å². The number of likely N-dealkylation sites (tertiary alicyclic amines) is 1. The van der Waals surface area contributed by atoms with Gasteiger partial charge < -0.3 is 20.5 Å². The van der Waals surface area contributed by atoms with E-state index in [1.165, 1.54) is 0 Å². The lowest BCUT2D eigenvalue weighted by molar-refractivity contribution is 0.00334. The number of fused-ring (bicyclic) bond motifs is 2. The number of aromatic nitrogens is 5. The molecule has 1 fully saturated rings. The van der Waals surface area contributed by atoms with Crippen molar-refractivity contribution in [3.8, 4) is 5.75 Å². The van der Waals surface area contributed by atoms with Crippen molar-refractivity contribution in [2.24, 2.45) is 0 Å². The lowest BCUT2D eigenvalue weighted by atomic mass is 9.85. The molecule has 254 valence electrons. The number of nitrogens with one attached hydrogen (secondary N) is 3. The van der Waals surface area contributed by atoms with E-state index in [2.05, 4.69) is 56.9 Å². The average molecular weight is 656 g/mol. The van der Waals surface area contributed by atoms with E-state index >= 15 is 0 Å². The zero-order valence-corrected chi connectivity index (χ0v) is 28.4. The van der Waals surface area contributed by atoms with Gasteiger partial charge in [-0.3, -0.25) is 19.4 Å². The van der Waals surface area contributed by atoms with Crippen LogP contribution in [-0.4, -0.2) is 78.8 Å². The Balaban J connectivity index is 1.14. The van der Waals surface area contributed by atoms with Crippen LogP contribution in [0, 0.1) is 0 Å². The third-order valence-electron chi connectivity index (χ3n) is 8.66. The third-order valence-corrected chi connectivity index (χ3v) is 8.66. The standard InChI is InChI=1S/C35H45N9O4/c1-34(2,3)27-17-28(39-30(38-27)31(46)36-15-16-43-18-21(45)19-43)40-33(47)37-25-12-13-26(24-10-8-7-9-23(24)25)48-22-11-14-29-41-42-32(35(4,5)6)44(29)20-22/h7-11,14,17,20-21,25-26,45H,12-13,15-16,18-19H2,1-6H3,(H,36,46)(H2,37,38,39,40,47)/t25-,26+/m0/s1. The summed E-state index contributed by atoms with van der Waals surface area (Å²) in [6, 6.07) is 12.8. The molecule has 4 aromatic rings. The van der Waals surface area contributed by atoms with Gasteiger partial charge in [-0.25, -0.2) is 14.8 Å². The highest BCUT2D eigenvalue weighted by Gasteiger charge is 2.31. The summed E-state index contributed by atoms with van der Waals surface area (Å²) in [6.07, 6.45) is 2.80. The molecule has 6 rings (SSSR count). The molecule has 1 aliphatic carbocycles. The predicted molar refractivity (Wildman–Crippen MR) is 181 cm³/mol. The van der Waals surface area contributed by atoms with E-state index in [9.17, 15) is 14.7 Å². The van der Waals surface area contributed by atoms with Crippen LogP contribution >= 0.6 is 0 Å². The quantitative estimate of drug-likeness (QED) is 0.217. The molecule has 0 radical (unpaired) electrons. The molecule has 48 heavy (non-hydrogen) atoms. The van der Waals surface area contributed by atoms with Gasteiger partial charge in [0, 0.05) is 43.1 Å². The third kappa shape index (κ3) is 7.42. The van der Waals surface area contributed by atoms with Crippen LogP contribution in [0.15, 0.2) is 48.7 Å². The number of carbonyl (C=O) groups is 2. The fraction of sp³-hybridized carbons (Fsp3) is 0.486. The molecule has 3 amide bonds. The molecule has 2 aliphatic rings. The number of pyridine rings is 1. The van der Waals surface area contributed by atoms with Crippen LogP contribution in [0.4, 0.5) is 10.6 Å². The fourth-order valence-corrected chi connectivity index (χ4v) is 6.08. The number of ether oxygens (including phenoxy) is 1. The highest BCUT2D eigenvalue weighted by Crippen LogP contribution is 2.39. The number of β-amino-alcohol motifs (C(OH)–C–C–N with tert-alkyl or cyclic N) is 1. The number of hydrogen-bond donors (Lipinski definition) is 4. The van der Waals surface area contributed by atoms with Crippen LogP contribution in [0.1, 0.15) is 99.8 Å². The summed E-state index contributed by atoms with van der Waals surface area (Å²) in [6.45, 7) is 14.5. The SMILES string of the molecule is CC(C)(C)c1cc(NC(=O)N[C@H]2CC[C@@H](Oc3ccc4nnc(C(C)(C)C)n4c3)c3ccccc32)nc(C(=O)NCCN2CC(O)C2)n1. The molecule has 1 saturated heterocycles. The average Bonchev–Trinajstić information content (AvgIpc) is 3.45. The van der Waals surface area contributed by atoms with Gasteiger partial charge >= 0.3 is 6.03 Å². The van der Waals surface area contributed by atoms with Crippen molar-refractivity contribution in [1.29, 1.82) is 0 Å². The largest absolute Gasteiger partial charge is 0.484 e. The molecule has 13 nitrogen and oxygen atoms in total. The Bertz CT molecular complexity index is 1800. The maximum Gasteiger partial charge on any atom is 0.320 e. The first-order chi connectivity index (χ1) is 22.7. The summed E-state index contributed by atoms with van der Waals surface area (Å²) >= 11 is 0. The molecule has 0 spiro atoms. The topological polar surface area (TPSA) is 159 Å². The number of anilines is 1. The zero-order chi connectivity index (χ0) is 34.2. The van der Waals surface area contributed by atoms with Crippen LogP contribution in [0.2, 0.25) is 0 Å². The van der Waals surface area contributed by atoms with E-state index in [4.69, 9.17) is 4.74 Å². The van der Waals surface area contributed by atoms with Gasteiger partial charge in [-0.15, -0.1) is 10.2 Å². The molecule has 4 heterocycles. The molecular formula is C35H45N9O4. The van der Waals surface area contributed by atoms with Crippen molar-refractivity contribution in [3.63, 3.8) is 0 Å². The first kappa shape index (κ1) is 33.3. The van der Waals surface area contributed by atoms with Crippen molar-refractivity contribution >= 4 is 23.4 Å². The highest BCUT2D eigenvalue weighted by atomic mass is 16.5. The van der Waals surface area contributed by atoms with Gasteiger partial charge in [0.05, 0.1) is 24.0 Å². The van der Waals surface area contributed by atoms with E-state index < -0.39 is 11.9 Å². The molecule has 13 heteroatoms. The second-order valence-corrected chi connectivity index (χ2v) is 14.7. The van der Waals surface area contributed by atoms with Gasteiger partial charge in [0.2, 0.25) is 5.82 Å². The zero-order valence-electron chi connectivity index (χ0n) is 28.4. The maximum absolute atomic E-state index is 13.4. The highest BCUT2D eigenvalue weighted by molar-refractivity contribution is 5.92. The summed E-state index contributed by atoms with van der Waals surface area (Å²) in [5.74, 6) is 1.39. The minimum absolute atomic E-state index is 0.0105. The number of carbonyl (C=O) groups excluding carboxylic acids is 2. The van der Waals surface area contributed by atoms with E-state index in [1.54, 1.807) is 6.07 Å². The van der Waals surface area contributed by atoms with Gasteiger partial charge in [-0.1, -0.05) is 65.8 Å². The molecule has 4 N–H and O–H groups in total. The van der Waals surface area contributed by atoms with E-state index in [0.29, 0.717) is 50.5 Å². The monoisotopic (exact) mass is 655 g/mol.